The lowest BCUT2D eigenvalue weighted by atomic mass is 10.0. The number of rotatable bonds is 3. The number of hydrogen-bond donors (Lipinski definition) is 3. The Bertz CT molecular complexity index is 1110. The molecule has 33 heavy (non-hydrogen) atoms. The van der Waals surface area contributed by atoms with Gasteiger partial charge >= 0.3 is 0 Å². The molecular formula is C24H26FN5O3. The van der Waals surface area contributed by atoms with Gasteiger partial charge in [0.25, 0.3) is 5.91 Å². The summed E-state index contributed by atoms with van der Waals surface area (Å²) in [6, 6.07) is 3.36. The van der Waals surface area contributed by atoms with Gasteiger partial charge < -0.3 is 25.5 Å². The molecule has 8 nitrogen and oxygen atoms in total. The van der Waals surface area contributed by atoms with Crippen LogP contribution in [0.2, 0.25) is 0 Å². The molecule has 4 rings (SSSR count). The molecule has 3 aliphatic rings. The molecule has 0 radical (unpaired) electrons. The number of nitrogens with zero attached hydrogens (tertiary/aromatic N) is 3. The van der Waals surface area contributed by atoms with Crippen molar-refractivity contribution in [3.05, 3.63) is 58.9 Å². The van der Waals surface area contributed by atoms with Crippen LogP contribution in [0.15, 0.2) is 46.9 Å². The molecule has 0 bridgehead atoms. The summed E-state index contributed by atoms with van der Waals surface area (Å²) in [4.78, 5) is 32.3. The van der Waals surface area contributed by atoms with Gasteiger partial charge in [0.1, 0.15) is 23.1 Å². The van der Waals surface area contributed by atoms with Crippen molar-refractivity contribution in [1.82, 2.24) is 20.4 Å². The molecule has 2 amide bonds. The molecule has 1 aromatic rings. The number of hydrogen-bond acceptors (Lipinski definition) is 6. The van der Waals surface area contributed by atoms with Crippen LogP contribution in [0.4, 0.5) is 4.39 Å². The van der Waals surface area contributed by atoms with Crippen molar-refractivity contribution in [2.24, 2.45) is 4.99 Å². The molecule has 1 unspecified atom stereocenters. The van der Waals surface area contributed by atoms with Crippen molar-refractivity contribution in [2.75, 3.05) is 39.3 Å². The van der Waals surface area contributed by atoms with Gasteiger partial charge in [-0.1, -0.05) is 18.8 Å². The molecule has 1 aromatic carbocycles. The van der Waals surface area contributed by atoms with Gasteiger partial charge in [-0.05, 0) is 43.3 Å². The van der Waals surface area contributed by atoms with Gasteiger partial charge in [0.2, 0.25) is 5.91 Å². The lowest BCUT2D eigenvalue weighted by molar-refractivity contribution is -0.132. The molecule has 2 saturated heterocycles. The first-order chi connectivity index (χ1) is 15.9. The second-order valence-electron chi connectivity index (χ2n) is 7.95. The Balaban J connectivity index is 1.55. The highest BCUT2D eigenvalue weighted by atomic mass is 19.1. The van der Waals surface area contributed by atoms with Crippen LogP contribution in [0.1, 0.15) is 24.5 Å². The Labute approximate surface area is 191 Å². The molecule has 0 saturated carbocycles. The van der Waals surface area contributed by atoms with Gasteiger partial charge in [-0.15, -0.1) is 0 Å². The fraction of sp³-hybridized carbons (Fsp3) is 0.375. The third-order valence-corrected chi connectivity index (χ3v) is 5.80. The Morgan fingerprint density at radius 2 is 2.00 bits per heavy atom. The maximum absolute atomic E-state index is 15.0. The number of aliphatic hydroxyl groups excluding tert-OH is 1. The van der Waals surface area contributed by atoms with Gasteiger partial charge in [0.05, 0.1) is 6.54 Å². The van der Waals surface area contributed by atoms with Crippen LogP contribution in [-0.2, 0) is 9.59 Å². The minimum Gasteiger partial charge on any atom is -0.506 e. The highest BCUT2D eigenvalue weighted by Gasteiger charge is 2.24. The third-order valence-electron chi connectivity index (χ3n) is 5.80. The number of carbonyl (C=O) groups is 2. The second-order valence-corrected chi connectivity index (χ2v) is 7.95. The minimum atomic E-state index is -0.979. The number of aliphatic hydroxyl groups is 1. The van der Waals surface area contributed by atoms with Gasteiger partial charge in [0.15, 0.2) is 6.04 Å². The number of benzene rings is 1. The summed E-state index contributed by atoms with van der Waals surface area (Å²) >= 11 is 0. The van der Waals surface area contributed by atoms with E-state index in [0.717, 1.165) is 38.5 Å². The summed E-state index contributed by atoms with van der Waals surface area (Å²) in [5.74, 6) is 4.70. The van der Waals surface area contributed by atoms with Gasteiger partial charge in [-0.3, -0.25) is 9.59 Å². The zero-order valence-electron chi connectivity index (χ0n) is 18.4. The summed E-state index contributed by atoms with van der Waals surface area (Å²) in [5, 5.41) is 15.4. The van der Waals surface area contributed by atoms with E-state index in [4.69, 9.17) is 0 Å². The molecule has 172 valence electrons. The van der Waals surface area contributed by atoms with E-state index in [1.165, 1.54) is 12.1 Å². The Morgan fingerprint density at radius 3 is 2.73 bits per heavy atom. The number of likely N-dealkylation sites (N-methyl/N-ethyl adjacent to an activating group) is 1. The van der Waals surface area contributed by atoms with E-state index in [-0.39, 0.29) is 29.5 Å². The smallest absolute Gasteiger partial charge is 0.255 e. The first-order valence-corrected chi connectivity index (χ1v) is 11.0. The SMILES string of the molecule is CCN1CCN(C2=CCC=C(O)C(c3ccc(C#CC4NC(=O)CNC4=O)cc3F)=N2)CC1. The van der Waals surface area contributed by atoms with Crippen molar-refractivity contribution in [1.29, 1.82) is 0 Å². The summed E-state index contributed by atoms with van der Waals surface area (Å²) in [6.07, 6.45) is 4.06. The summed E-state index contributed by atoms with van der Waals surface area (Å²) in [6.45, 7) is 6.55. The number of nitrogens with one attached hydrogen (secondary N) is 2. The number of piperazine rings is 2. The van der Waals surface area contributed by atoms with E-state index in [2.05, 4.69) is 44.2 Å². The van der Waals surface area contributed by atoms with Crippen LogP contribution in [0.5, 0.6) is 0 Å². The van der Waals surface area contributed by atoms with Crippen LogP contribution in [0.25, 0.3) is 0 Å². The van der Waals surface area contributed by atoms with Gasteiger partial charge in [-0.2, -0.15) is 0 Å². The molecule has 0 aromatic heterocycles. The van der Waals surface area contributed by atoms with Crippen LogP contribution < -0.4 is 10.6 Å². The molecule has 9 heteroatoms. The highest BCUT2D eigenvalue weighted by Crippen LogP contribution is 2.22. The number of carbonyl (C=O) groups excluding carboxylic acids is 2. The monoisotopic (exact) mass is 451 g/mol. The lowest BCUT2D eigenvalue weighted by Gasteiger charge is -2.35. The third kappa shape index (κ3) is 5.23. The van der Waals surface area contributed by atoms with E-state index < -0.39 is 17.8 Å². The number of halogens is 1. The number of amides is 2. The van der Waals surface area contributed by atoms with E-state index in [1.807, 2.05) is 6.08 Å². The quantitative estimate of drug-likeness (QED) is 0.594. The summed E-state index contributed by atoms with van der Waals surface area (Å²) in [5.41, 5.74) is 0.679. The zero-order chi connectivity index (χ0) is 23.4. The first-order valence-electron chi connectivity index (χ1n) is 11.0. The maximum Gasteiger partial charge on any atom is 0.255 e. The minimum absolute atomic E-state index is 0.0761. The van der Waals surface area contributed by atoms with Crippen molar-refractivity contribution < 1.29 is 19.1 Å². The number of allylic oxidation sites excluding steroid dienone is 3. The zero-order valence-corrected chi connectivity index (χ0v) is 18.4. The second kappa shape index (κ2) is 9.88. The van der Waals surface area contributed by atoms with Gasteiger partial charge in [-0.25, -0.2) is 9.38 Å². The predicted molar refractivity (Wildman–Crippen MR) is 122 cm³/mol. The molecule has 3 aliphatic heterocycles. The molecule has 0 aliphatic carbocycles. The average molecular weight is 452 g/mol. The van der Waals surface area contributed by atoms with Crippen molar-refractivity contribution in [3.8, 4) is 11.8 Å². The fourth-order valence-corrected chi connectivity index (χ4v) is 3.87. The van der Waals surface area contributed by atoms with Crippen LogP contribution in [0.3, 0.4) is 0 Å². The van der Waals surface area contributed by atoms with Crippen LogP contribution >= 0.6 is 0 Å². The summed E-state index contributed by atoms with van der Waals surface area (Å²) < 4.78 is 15.0. The van der Waals surface area contributed by atoms with Crippen LogP contribution in [-0.4, -0.2) is 77.7 Å². The molecular weight excluding hydrogens is 425 g/mol. The average Bonchev–Trinajstić information content (AvgIpc) is 3.01. The maximum atomic E-state index is 15.0. The number of aliphatic imine (C=N–C) groups is 1. The van der Waals surface area contributed by atoms with Crippen molar-refractivity contribution in [2.45, 2.75) is 19.4 Å². The van der Waals surface area contributed by atoms with E-state index >= 15 is 4.39 Å². The van der Waals surface area contributed by atoms with E-state index in [9.17, 15) is 14.7 Å². The molecule has 1 atom stereocenters. The van der Waals surface area contributed by atoms with E-state index in [1.54, 1.807) is 12.1 Å². The Kier molecular flexibility index (Phi) is 6.75. The van der Waals surface area contributed by atoms with Crippen molar-refractivity contribution in [3.63, 3.8) is 0 Å². The summed E-state index contributed by atoms with van der Waals surface area (Å²) in [7, 11) is 0. The topological polar surface area (TPSA) is 97.3 Å². The highest BCUT2D eigenvalue weighted by molar-refractivity contribution is 6.12. The predicted octanol–water partition coefficient (Wildman–Crippen LogP) is 0.905. The van der Waals surface area contributed by atoms with Crippen molar-refractivity contribution >= 4 is 17.5 Å². The van der Waals surface area contributed by atoms with Crippen LogP contribution in [0, 0.1) is 17.7 Å². The normalized spacial score (nSPS) is 21.6. The first kappa shape index (κ1) is 22.6. The Hall–Kier alpha value is -3.64. The Morgan fingerprint density at radius 1 is 1.21 bits per heavy atom. The molecule has 0 spiro atoms. The van der Waals surface area contributed by atoms with E-state index in [0.29, 0.717) is 12.0 Å². The fourth-order valence-electron chi connectivity index (χ4n) is 3.87. The lowest BCUT2D eigenvalue weighted by Crippen LogP contribution is -2.55. The largest absolute Gasteiger partial charge is 0.506 e. The molecule has 2 fully saturated rings. The standard InChI is InChI=1S/C24H26FN5O3/c1-2-29-10-12-30(13-11-29)21-5-3-4-20(31)23(28-21)17-8-6-16(14-18(17)25)7-9-19-24(33)26-15-22(32)27-19/h4-6,8,14,19,31H,2-3,10-13,15H2,1H3,(H,26,33)(H,27,32). The molecule has 3 heterocycles. The van der Waals surface area contributed by atoms with Gasteiger partial charge in [0, 0.05) is 37.3 Å². The molecule has 3 N–H and O–H groups in total.